The number of aromatic nitrogens is 2. The molecule has 2 aromatic heterocycles. The number of hydrogen-bond acceptors (Lipinski definition) is 5. The van der Waals surface area contributed by atoms with Crippen LogP contribution < -0.4 is 4.90 Å². The Bertz CT molecular complexity index is 627. The monoisotopic (exact) mass is 310 g/mol. The molecule has 4 nitrogen and oxygen atoms in total. The fraction of sp³-hybridized carbons (Fsp3) is 0.571. The van der Waals surface area contributed by atoms with E-state index in [0.717, 1.165) is 42.2 Å². The summed E-state index contributed by atoms with van der Waals surface area (Å²) in [4.78, 5) is 15.9. The molecule has 3 heterocycles. The molecular formula is C14H19ClN4S. The van der Waals surface area contributed by atoms with Gasteiger partial charge < -0.3 is 4.90 Å². The molecule has 0 spiro atoms. The molecule has 108 valence electrons. The van der Waals surface area contributed by atoms with E-state index in [1.165, 1.54) is 4.88 Å². The predicted octanol–water partition coefficient (Wildman–Crippen LogP) is 3.18. The summed E-state index contributed by atoms with van der Waals surface area (Å²) >= 11 is 7.77. The first-order valence-corrected chi connectivity index (χ1v) is 8.20. The molecule has 0 aliphatic carbocycles. The van der Waals surface area contributed by atoms with Crippen molar-refractivity contribution in [2.75, 3.05) is 31.1 Å². The zero-order chi connectivity index (χ0) is 14.3. The van der Waals surface area contributed by atoms with Gasteiger partial charge in [-0.25, -0.2) is 4.98 Å². The molecule has 1 saturated heterocycles. The summed E-state index contributed by atoms with van der Waals surface area (Å²) in [6.07, 6.45) is 0. The van der Waals surface area contributed by atoms with Gasteiger partial charge in [-0.05, 0) is 38.1 Å². The molecule has 1 aliphatic rings. The second-order valence-electron chi connectivity index (χ2n) is 5.32. The predicted molar refractivity (Wildman–Crippen MR) is 86.1 cm³/mol. The van der Waals surface area contributed by atoms with Gasteiger partial charge in [0.05, 0.1) is 5.39 Å². The SMILES string of the molecule is CCN1CCN(c2nc(Cl)nc3sc(C)cc23)CC1C. The summed E-state index contributed by atoms with van der Waals surface area (Å²) in [5, 5.41) is 1.48. The van der Waals surface area contributed by atoms with Crippen molar-refractivity contribution >= 4 is 39.0 Å². The highest BCUT2D eigenvalue weighted by Gasteiger charge is 2.25. The van der Waals surface area contributed by atoms with Gasteiger partial charge >= 0.3 is 0 Å². The molecule has 1 unspecified atom stereocenters. The summed E-state index contributed by atoms with van der Waals surface area (Å²) in [6, 6.07) is 2.71. The minimum Gasteiger partial charge on any atom is -0.353 e. The average Bonchev–Trinajstić information content (AvgIpc) is 2.77. The number of halogens is 1. The lowest BCUT2D eigenvalue weighted by Crippen LogP contribution is -2.52. The first kappa shape index (κ1) is 14.0. The van der Waals surface area contributed by atoms with Gasteiger partial charge in [0.25, 0.3) is 0 Å². The number of thiophene rings is 1. The number of anilines is 1. The molecule has 0 radical (unpaired) electrons. The van der Waals surface area contributed by atoms with Gasteiger partial charge in [0.2, 0.25) is 5.28 Å². The van der Waals surface area contributed by atoms with Crippen LogP contribution in [0.15, 0.2) is 6.07 Å². The van der Waals surface area contributed by atoms with Crippen molar-refractivity contribution in [1.29, 1.82) is 0 Å². The molecule has 1 aliphatic heterocycles. The van der Waals surface area contributed by atoms with Gasteiger partial charge in [0.1, 0.15) is 10.6 Å². The van der Waals surface area contributed by atoms with E-state index in [0.29, 0.717) is 11.3 Å². The van der Waals surface area contributed by atoms with E-state index in [-0.39, 0.29) is 0 Å². The summed E-state index contributed by atoms with van der Waals surface area (Å²) in [5.41, 5.74) is 0. The molecular weight excluding hydrogens is 292 g/mol. The second kappa shape index (κ2) is 5.47. The Morgan fingerprint density at radius 2 is 2.20 bits per heavy atom. The van der Waals surface area contributed by atoms with E-state index in [2.05, 4.69) is 46.6 Å². The normalized spacial score (nSPS) is 20.8. The lowest BCUT2D eigenvalue weighted by molar-refractivity contribution is 0.199. The molecule has 0 aromatic carbocycles. The Kier molecular flexibility index (Phi) is 3.84. The van der Waals surface area contributed by atoms with Gasteiger partial charge in [-0.2, -0.15) is 4.98 Å². The minimum absolute atomic E-state index is 0.347. The Morgan fingerprint density at radius 3 is 2.90 bits per heavy atom. The number of hydrogen-bond donors (Lipinski definition) is 0. The van der Waals surface area contributed by atoms with E-state index in [1.54, 1.807) is 11.3 Å². The van der Waals surface area contributed by atoms with Gasteiger partial charge in [0.15, 0.2) is 0 Å². The highest BCUT2D eigenvalue weighted by molar-refractivity contribution is 7.18. The Labute approximate surface area is 128 Å². The van der Waals surface area contributed by atoms with Crippen LogP contribution in [0.25, 0.3) is 10.2 Å². The number of likely N-dealkylation sites (N-methyl/N-ethyl adjacent to an activating group) is 1. The summed E-state index contributed by atoms with van der Waals surface area (Å²) in [5.74, 6) is 0.993. The Balaban J connectivity index is 1.98. The third-order valence-electron chi connectivity index (χ3n) is 3.94. The third kappa shape index (κ3) is 2.50. The van der Waals surface area contributed by atoms with E-state index >= 15 is 0 Å². The fourth-order valence-electron chi connectivity index (χ4n) is 2.90. The maximum absolute atomic E-state index is 6.09. The number of piperazine rings is 1. The molecule has 0 saturated carbocycles. The number of fused-ring (bicyclic) bond motifs is 1. The van der Waals surface area contributed by atoms with Gasteiger partial charge in [0, 0.05) is 30.6 Å². The second-order valence-corrected chi connectivity index (χ2v) is 6.89. The minimum atomic E-state index is 0.347. The van der Waals surface area contributed by atoms with E-state index in [9.17, 15) is 0 Å². The van der Waals surface area contributed by atoms with Crippen LogP contribution in [0.4, 0.5) is 5.82 Å². The largest absolute Gasteiger partial charge is 0.353 e. The molecule has 2 aromatic rings. The molecule has 1 atom stereocenters. The fourth-order valence-corrected chi connectivity index (χ4v) is 3.99. The van der Waals surface area contributed by atoms with E-state index in [4.69, 9.17) is 11.6 Å². The van der Waals surface area contributed by atoms with Crippen LogP contribution in [0, 0.1) is 6.92 Å². The van der Waals surface area contributed by atoms with Crippen molar-refractivity contribution in [3.05, 3.63) is 16.2 Å². The lowest BCUT2D eigenvalue weighted by Gasteiger charge is -2.40. The number of nitrogens with zero attached hydrogens (tertiary/aromatic N) is 4. The topological polar surface area (TPSA) is 32.3 Å². The van der Waals surface area contributed by atoms with Crippen molar-refractivity contribution in [3.63, 3.8) is 0 Å². The van der Waals surface area contributed by atoms with Crippen molar-refractivity contribution in [1.82, 2.24) is 14.9 Å². The van der Waals surface area contributed by atoms with E-state index in [1.807, 2.05) is 0 Å². The number of aryl methyl sites for hydroxylation is 1. The highest BCUT2D eigenvalue weighted by atomic mass is 35.5. The molecule has 6 heteroatoms. The molecule has 0 amide bonds. The van der Waals surface area contributed by atoms with Crippen molar-refractivity contribution in [2.45, 2.75) is 26.8 Å². The molecule has 0 bridgehead atoms. The average molecular weight is 311 g/mol. The molecule has 1 fully saturated rings. The van der Waals surface area contributed by atoms with Crippen molar-refractivity contribution < 1.29 is 0 Å². The molecule has 3 rings (SSSR count). The van der Waals surface area contributed by atoms with Crippen LogP contribution in [-0.2, 0) is 0 Å². The van der Waals surface area contributed by atoms with E-state index < -0.39 is 0 Å². The standard InChI is InChI=1S/C14H19ClN4S/c1-4-18-5-6-19(8-9(18)2)12-11-7-10(3)20-13(11)17-14(15)16-12/h7,9H,4-6,8H2,1-3H3. The zero-order valence-electron chi connectivity index (χ0n) is 12.1. The zero-order valence-corrected chi connectivity index (χ0v) is 13.6. The van der Waals surface area contributed by atoms with Crippen molar-refractivity contribution in [3.8, 4) is 0 Å². The van der Waals surface area contributed by atoms with Crippen LogP contribution in [0.3, 0.4) is 0 Å². The summed E-state index contributed by atoms with van der Waals surface area (Å²) in [7, 11) is 0. The maximum Gasteiger partial charge on any atom is 0.225 e. The first-order valence-electron chi connectivity index (χ1n) is 7.01. The molecule has 0 N–H and O–H groups in total. The van der Waals surface area contributed by atoms with Gasteiger partial charge in [-0.15, -0.1) is 11.3 Å². The third-order valence-corrected chi connectivity index (χ3v) is 5.05. The number of rotatable bonds is 2. The first-order chi connectivity index (χ1) is 9.58. The van der Waals surface area contributed by atoms with Crippen LogP contribution >= 0.6 is 22.9 Å². The Morgan fingerprint density at radius 1 is 1.40 bits per heavy atom. The van der Waals surface area contributed by atoms with Gasteiger partial charge in [-0.1, -0.05) is 6.92 Å². The summed E-state index contributed by atoms with van der Waals surface area (Å²) in [6.45, 7) is 10.8. The summed E-state index contributed by atoms with van der Waals surface area (Å²) < 4.78 is 0. The highest BCUT2D eigenvalue weighted by Crippen LogP contribution is 2.32. The quantitative estimate of drug-likeness (QED) is 0.798. The smallest absolute Gasteiger partial charge is 0.225 e. The van der Waals surface area contributed by atoms with Crippen molar-refractivity contribution in [2.24, 2.45) is 0 Å². The van der Waals surface area contributed by atoms with Crippen LogP contribution in [0.1, 0.15) is 18.7 Å². The molecule has 20 heavy (non-hydrogen) atoms. The maximum atomic E-state index is 6.09. The van der Waals surface area contributed by atoms with Crippen LogP contribution in [0.2, 0.25) is 5.28 Å². The van der Waals surface area contributed by atoms with Gasteiger partial charge in [-0.3, -0.25) is 4.90 Å². The lowest BCUT2D eigenvalue weighted by atomic mass is 10.2. The van der Waals surface area contributed by atoms with Crippen LogP contribution in [-0.4, -0.2) is 47.1 Å². The van der Waals surface area contributed by atoms with Crippen LogP contribution in [0.5, 0.6) is 0 Å². The Hall–Kier alpha value is -0.910.